The molecule has 0 aromatic heterocycles. The molecule has 1 fully saturated rings. The van der Waals surface area contributed by atoms with E-state index in [1.165, 1.54) is 19.3 Å². The largest absolute Gasteiger partial charge is 0.355 e. The topological polar surface area (TPSA) is 41.1 Å². The van der Waals surface area contributed by atoms with Gasteiger partial charge in [0.15, 0.2) is 0 Å². The number of carbonyl (C=O) groups is 1. The minimum Gasteiger partial charge on any atom is -0.355 e. The van der Waals surface area contributed by atoms with Crippen LogP contribution < -0.4 is 10.6 Å². The second kappa shape index (κ2) is 6.89. The van der Waals surface area contributed by atoms with Gasteiger partial charge >= 0.3 is 0 Å². The van der Waals surface area contributed by atoms with Crippen LogP contribution in [0.1, 0.15) is 46.5 Å². The van der Waals surface area contributed by atoms with E-state index in [0.717, 1.165) is 18.9 Å². The molecule has 0 saturated heterocycles. The van der Waals surface area contributed by atoms with Gasteiger partial charge in [0.25, 0.3) is 0 Å². The molecule has 1 aliphatic rings. The van der Waals surface area contributed by atoms with Crippen molar-refractivity contribution in [2.75, 3.05) is 13.1 Å². The predicted octanol–water partition coefficient (Wildman–Crippen LogP) is 1.93. The fraction of sp³-hybridized carbons (Fsp3) is 0.923. The van der Waals surface area contributed by atoms with Crippen molar-refractivity contribution in [1.82, 2.24) is 10.6 Å². The maximum atomic E-state index is 11.5. The molecule has 0 heterocycles. The normalized spacial score (nSPS) is 25.0. The van der Waals surface area contributed by atoms with Gasteiger partial charge in [-0.15, -0.1) is 0 Å². The quantitative estimate of drug-likeness (QED) is 0.726. The first-order chi connectivity index (χ1) is 7.58. The summed E-state index contributed by atoms with van der Waals surface area (Å²) < 4.78 is 0. The first kappa shape index (κ1) is 13.5. The molecule has 94 valence electrons. The molecule has 1 rings (SSSR count). The summed E-state index contributed by atoms with van der Waals surface area (Å²) >= 11 is 0. The molecule has 2 N–H and O–H groups in total. The van der Waals surface area contributed by atoms with Gasteiger partial charge in [0.1, 0.15) is 0 Å². The van der Waals surface area contributed by atoms with Crippen LogP contribution in [0, 0.1) is 11.8 Å². The Morgan fingerprint density at radius 3 is 2.69 bits per heavy atom. The molecule has 0 aliphatic heterocycles. The Morgan fingerprint density at radius 1 is 1.38 bits per heavy atom. The lowest BCUT2D eigenvalue weighted by molar-refractivity contribution is -0.120. The van der Waals surface area contributed by atoms with Crippen LogP contribution in [0.3, 0.4) is 0 Å². The van der Waals surface area contributed by atoms with E-state index in [1.807, 2.05) is 0 Å². The molecule has 0 spiro atoms. The van der Waals surface area contributed by atoms with E-state index in [0.29, 0.717) is 18.5 Å². The summed E-state index contributed by atoms with van der Waals surface area (Å²) in [5.74, 6) is 1.62. The van der Waals surface area contributed by atoms with Crippen molar-refractivity contribution in [3.63, 3.8) is 0 Å². The highest BCUT2D eigenvalue weighted by Gasteiger charge is 2.20. The minimum absolute atomic E-state index is 0.139. The van der Waals surface area contributed by atoms with Gasteiger partial charge in [0, 0.05) is 12.6 Å². The van der Waals surface area contributed by atoms with Gasteiger partial charge in [-0.3, -0.25) is 4.79 Å². The van der Waals surface area contributed by atoms with Gasteiger partial charge in [0.2, 0.25) is 5.91 Å². The molecule has 3 nitrogen and oxygen atoms in total. The first-order valence-corrected chi connectivity index (χ1v) is 6.58. The Labute approximate surface area is 99.4 Å². The second-order valence-corrected chi connectivity index (χ2v) is 5.53. The second-order valence-electron chi connectivity index (χ2n) is 5.53. The van der Waals surface area contributed by atoms with Crippen LogP contribution in [0.4, 0.5) is 0 Å². The summed E-state index contributed by atoms with van der Waals surface area (Å²) in [4.78, 5) is 11.5. The number of hydrogen-bond acceptors (Lipinski definition) is 2. The summed E-state index contributed by atoms with van der Waals surface area (Å²) in [6, 6.07) is 0.561. The SMILES string of the molecule is CC(C)CCNC(=O)CNC1CCC(C)C1. The summed E-state index contributed by atoms with van der Waals surface area (Å²) in [6.45, 7) is 7.91. The molecule has 3 heteroatoms. The highest BCUT2D eigenvalue weighted by Crippen LogP contribution is 2.24. The van der Waals surface area contributed by atoms with E-state index in [-0.39, 0.29) is 5.91 Å². The van der Waals surface area contributed by atoms with E-state index >= 15 is 0 Å². The van der Waals surface area contributed by atoms with Crippen LogP contribution in [-0.4, -0.2) is 25.0 Å². The summed E-state index contributed by atoms with van der Waals surface area (Å²) in [7, 11) is 0. The molecule has 2 unspecified atom stereocenters. The fourth-order valence-electron chi connectivity index (χ4n) is 2.19. The van der Waals surface area contributed by atoms with E-state index in [1.54, 1.807) is 0 Å². The van der Waals surface area contributed by atoms with Crippen molar-refractivity contribution >= 4 is 5.91 Å². The van der Waals surface area contributed by atoms with Crippen LogP contribution in [0.15, 0.2) is 0 Å². The zero-order chi connectivity index (χ0) is 12.0. The number of amides is 1. The summed E-state index contributed by atoms with van der Waals surface area (Å²) in [6.07, 6.45) is 4.80. The highest BCUT2D eigenvalue weighted by atomic mass is 16.1. The fourth-order valence-corrected chi connectivity index (χ4v) is 2.19. The van der Waals surface area contributed by atoms with Gasteiger partial charge in [-0.25, -0.2) is 0 Å². The molecule has 1 saturated carbocycles. The Balaban J connectivity index is 2.02. The average molecular weight is 226 g/mol. The first-order valence-electron chi connectivity index (χ1n) is 6.58. The van der Waals surface area contributed by atoms with Crippen LogP contribution >= 0.6 is 0 Å². The summed E-state index contributed by atoms with van der Waals surface area (Å²) in [5.41, 5.74) is 0. The smallest absolute Gasteiger partial charge is 0.233 e. The lowest BCUT2D eigenvalue weighted by Gasteiger charge is -2.12. The van der Waals surface area contributed by atoms with Crippen molar-refractivity contribution in [3.8, 4) is 0 Å². The maximum absolute atomic E-state index is 11.5. The lowest BCUT2D eigenvalue weighted by atomic mass is 10.1. The predicted molar refractivity (Wildman–Crippen MR) is 67.3 cm³/mol. The Morgan fingerprint density at radius 2 is 2.12 bits per heavy atom. The molecular weight excluding hydrogens is 200 g/mol. The Hall–Kier alpha value is -0.570. The highest BCUT2D eigenvalue weighted by molar-refractivity contribution is 5.77. The molecule has 1 amide bonds. The zero-order valence-corrected chi connectivity index (χ0v) is 10.9. The lowest BCUT2D eigenvalue weighted by Crippen LogP contribution is -2.38. The van der Waals surface area contributed by atoms with Gasteiger partial charge in [0.05, 0.1) is 6.54 Å². The molecule has 1 aliphatic carbocycles. The van der Waals surface area contributed by atoms with Crippen molar-refractivity contribution < 1.29 is 4.79 Å². The van der Waals surface area contributed by atoms with Crippen molar-refractivity contribution in [3.05, 3.63) is 0 Å². The molecule has 0 aromatic carbocycles. The van der Waals surface area contributed by atoms with Gasteiger partial charge in [-0.05, 0) is 37.5 Å². The van der Waals surface area contributed by atoms with Gasteiger partial charge in [-0.2, -0.15) is 0 Å². The minimum atomic E-state index is 0.139. The van der Waals surface area contributed by atoms with E-state index in [2.05, 4.69) is 31.4 Å². The molecule has 0 aromatic rings. The maximum Gasteiger partial charge on any atom is 0.233 e. The van der Waals surface area contributed by atoms with E-state index in [4.69, 9.17) is 0 Å². The molecule has 2 atom stereocenters. The van der Waals surface area contributed by atoms with Crippen LogP contribution in [0.25, 0.3) is 0 Å². The third-order valence-electron chi connectivity index (χ3n) is 3.29. The van der Waals surface area contributed by atoms with Crippen LogP contribution in [0.5, 0.6) is 0 Å². The molecule has 0 radical (unpaired) electrons. The Kier molecular flexibility index (Phi) is 5.81. The number of carbonyl (C=O) groups excluding carboxylic acids is 1. The average Bonchev–Trinajstić information content (AvgIpc) is 2.61. The molecule has 16 heavy (non-hydrogen) atoms. The third kappa shape index (κ3) is 5.50. The van der Waals surface area contributed by atoms with Gasteiger partial charge in [-0.1, -0.05) is 20.8 Å². The van der Waals surface area contributed by atoms with E-state index < -0.39 is 0 Å². The summed E-state index contributed by atoms with van der Waals surface area (Å²) in [5, 5.41) is 6.29. The number of nitrogens with one attached hydrogen (secondary N) is 2. The number of rotatable bonds is 6. The van der Waals surface area contributed by atoms with Gasteiger partial charge < -0.3 is 10.6 Å². The number of hydrogen-bond donors (Lipinski definition) is 2. The van der Waals surface area contributed by atoms with Crippen LogP contribution in [-0.2, 0) is 4.79 Å². The molecular formula is C13H26N2O. The molecule has 0 bridgehead atoms. The van der Waals surface area contributed by atoms with E-state index in [9.17, 15) is 4.79 Å². The standard InChI is InChI=1S/C13H26N2O/c1-10(2)6-7-14-13(16)9-15-12-5-4-11(3)8-12/h10-12,15H,4-9H2,1-3H3,(H,14,16). The van der Waals surface area contributed by atoms with Crippen molar-refractivity contribution in [2.45, 2.75) is 52.5 Å². The zero-order valence-electron chi connectivity index (χ0n) is 10.9. The van der Waals surface area contributed by atoms with Crippen molar-refractivity contribution in [2.24, 2.45) is 11.8 Å². The third-order valence-corrected chi connectivity index (χ3v) is 3.29. The van der Waals surface area contributed by atoms with Crippen LogP contribution in [0.2, 0.25) is 0 Å². The van der Waals surface area contributed by atoms with Crippen molar-refractivity contribution in [1.29, 1.82) is 0 Å². The monoisotopic (exact) mass is 226 g/mol. The Bertz CT molecular complexity index is 216.